The van der Waals surface area contributed by atoms with Crippen LogP contribution in [0.5, 0.6) is 11.5 Å². The first-order valence-corrected chi connectivity index (χ1v) is 8.38. The van der Waals surface area contributed by atoms with E-state index in [4.69, 9.17) is 9.47 Å². The number of nitrogens with one attached hydrogen (secondary N) is 1. The van der Waals surface area contributed by atoms with Crippen molar-refractivity contribution in [3.8, 4) is 11.5 Å². The molecule has 0 unspecified atom stereocenters. The van der Waals surface area contributed by atoms with Crippen LogP contribution in [0.25, 0.3) is 0 Å². The summed E-state index contributed by atoms with van der Waals surface area (Å²) in [5.41, 5.74) is 3.19. The quantitative estimate of drug-likeness (QED) is 0.616. The van der Waals surface area contributed by atoms with Crippen LogP contribution < -0.4 is 14.8 Å². The number of aromatic nitrogens is 1. The van der Waals surface area contributed by atoms with E-state index >= 15 is 0 Å². The first-order valence-electron chi connectivity index (χ1n) is 8.38. The van der Waals surface area contributed by atoms with E-state index < -0.39 is 0 Å². The molecule has 142 valence electrons. The number of methoxy groups -OCH3 is 1. The number of hydrogen-bond acceptors (Lipinski definition) is 4. The fourth-order valence-electron chi connectivity index (χ4n) is 2.53. The van der Waals surface area contributed by atoms with Crippen molar-refractivity contribution >= 4 is 12.4 Å². The number of ether oxygens (including phenoxy) is 2. The molecule has 0 atom stereocenters. The van der Waals surface area contributed by atoms with Crippen molar-refractivity contribution in [2.75, 3.05) is 7.11 Å². The topological polar surface area (TPSA) is 43.4 Å². The van der Waals surface area contributed by atoms with Gasteiger partial charge in [0.15, 0.2) is 11.5 Å². The van der Waals surface area contributed by atoms with Crippen molar-refractivity contribution in [1.82, 2.24) is 10.3 Å². The van der Waals surface area contributed by atoms with Gasteiger partial charge in [-0.15, -0.1) is 12.4 Å². The minimum absolute atomic E-state index is 0. The predicted molar refractivity (Wildman–Crippen MR) is 106 cm³/mol. The SMILES string of the molecule is COc1cc(CNCc2ccncc2)ccc1OCc1ccc(F)cc1.Cl. The molecule has 1 heterocycles. The second-order valence-electron chi connectivity index (χ2n) is 5.86. The van der Waals surface area contributed by atoms with E-state index in [9.17, 15) is 4.39 Å². The molecular formula is C21H22ClFN2O2. The zero-order valence-electron chi connectivity index (χ0n) is 15.0. The fraction of sp³-hybridized carbons (Fsp3) is 0.190. The summed E-state index contributed by atoms with van der Waals surface area (Å²) >= 11 is 0. The molecule has 1 N–H and O–H groups in total. The Morgan fingerprint density at radius 1 is 0.852 bits per heavy atom. The highest BCUT2D eigenvalue weighted by atomic mass is 35.5. The molecule has 0 radical (unpaired) electrons. The standard InChI is InChI=1S/C21H21FN2O2.ClH/c1-25-21-12-18(14-24-13-16-8-10-23-11-9-16)4-7-20(21)26-15-17-2-5-19(22)6-3-17;/h2-12,24H,13-15H2,1H3;1H. The molecule has 0 saturated heterocycles. The van der Waals surface area contributed by atoms with Gasteiger partial charge in [0.1, 0.15) is 12.4 Å². The lowest BCUT2D eigenvalue weighted by Gasteiger charge is -2.13. The van der Waals surface area contributed by atoms with Crippen LogP contribution in [0.1, 0.15) is 16.7 Å². The summed E-state index contributed by atoms with van der Waals surface area (Å²) in [6.07, 6.45) is 3.57. The first-order chi connectivity index (χ1) is 12.7. The Balaban J connectivity index is 0.00000261. The number of hydrogen-bond donors (Lipinski definition) is 1. The second-order valence-corrected chi connectivity index (χ2v) is 5.86. The Morgan fingerprint density at radius 3 is 2.22 bits per heavy atom. The minimum atomic E-state index is -0.255. The molecule has 0 aliphatic heterocycles. The van der Waals surface area contributed by atoms with Crippen LogP contribution >= 0.6 is 12.4 Å². The molecule has 4 nitrogen and oxygen atoms in total. The van der Waals surface area contributed by atoms with E-state index in [0.717, 1.165) is 24.2 Å². The Labute approximate surface area is 164 Å². The molecule has 0 fully saturated rings. The smallest absolute Gasteiger partial charge is 0.161 e. The van der Waals surface area contributed by atoms with Crippen molar-refractivity contribution in [2.24, 2.45) is 0 Å². The predicted octanol–water partition coefficient (Wildman–Crippen LogP) is 4.52. The summed E-state index contributed by atoms with van der Waals surface area (Å²) in [5, 5.41) is 3.39. The van der Waals surface area contributed by atoms with Gasteiger partial charge < -0.3 is 14.8 Å². The molecule has 27 heavy (non-hydrogen) atoms. The van der Waals surface area contributed by atoms with E-state index in [1.807, 2.05) is 30.3 Å². The van der Waals surface area contributed by atoms with E-state index in [0.29, 0.717) is 18.1 Å². The van der Waals surface area contributed by atoms with Crippen LogP contribution in [0.3, 0.4) is 0 Å². The van der Waals surface area contributed by atoms with E-state index in [1.54, 1.807) is 31.6 Å². The highest BCUT2D eigenvalue weighted by molar-refractivity contribution is 5.85. The first kappa shape index (κ1) is 20.7. The van der Waals surface area contributed by atoms with Crippen LogP contribution in [-0.2, 0) is 19.7 Å². The molecule has 0 spiro atoms. The van der Waals surface area contributed by atoms with Gasteiger partial charge >= 0.3 is 0 Å². The minimum Gasteiger partial charge on any atom is -0.493 e. The largest absolute Gasteiger partial charge is 0.493 e. The lowest BCUT2D eigenvalue weighted by Crippen LogP contribution is -2.12. The van der Waals surface area contributed by atoms with Gasteiger partial charge in [0, 0.05) is 25.5 Å². The Bertz CT molecular complexity index is 829. The lowest BCUT2D eigenvalue weighted by molar-refractivity contribution is 0.284. The van der Waals surface area contributed by atoms with Crippen LogP contribution in [0.15, 0.2) is 67.0 Å². The number of benzene rings is 2. The zero-order chi connectivity index (χ0) is 18.2. The maximum atomic E-state index is 13.0. The van der Waals surface area contributed by atoms with Gasteiger partial charge in [-0.05, 0) is 53.1 Å². The van der Waals surface area contributed by atoms with Gasteiger partial charge in [-0.2, -0.15) is 0 Å². The molecule has 3 rings (SSSR count). The molecule has 0 saturated carbocycles. The molecule has 2 aromatic carbocycles. The summed E-state index contributed by atoms with van der Waals surface area (Å²) in [6.45, 7) is 1.85. The molecule has 0 amide bonds. The van der Waals surface area contributed by atoms with Crippen LogP contribution in [0, 0.1) is 5.82 Å². The molecule has 0 aliphatic carbocycles. The zero-order valence-corrected chi connectivity index (χ0v) is 15.8. The van der Waals surface area contributed by atoms with Gasteiger partial charge in [-0.25, -0.2) is 4.39 Å². The Kier molecular flexibility index (Phi) is 8.04. The van der Waals surface area contributed by atoms with Crippen LogP contribution in [-0.4, -0.2) is 12.1 Å². The van der Waals surface area contributed by atoms with Crippen molar-refractivity contribution in [2.45, 2.75) is 19.7 Å². The monoisotopic (exact) mass is 388 g/mol. The van der Waals surface area contributed by atoms with Crippen molar-refractivity contribution in [3.05, 3.63) is 89.5 Å². The summed E-state index contributed by atoms with van der Waals surface area (Å²) in [7, 11) is 1.62. The average Bonchev–Trinajstić information content (AvgIpc) is 2.69. The molecule has 1 aromatic heterocycles. The van der Waals surface area contributed by atoms with Crippen molar-refractivity contribution in [1.29, 1.82) is 0 Å². The van der Waals surface area contributed by atoms with Crippen molar-refractivity contribution < 1.29 is 13.9 Å². The van der Waals surface area contributed by atoms with Gasteiger partial charge in [0.2, 0.25) is 0 Å². The molecular weight excluding hydrogens is 367 g/mol. The van der Waals surface area contributed by atoms with Gasteiger partial charge in [0.05, 0.1) is 7.11 Å². The average molecular weight is 389 g/mol. The Morgan fingerprint density at radius 2 is 1.52 bits per heavy atom. The molecule has 6 heteroatoms. The number of pyridine rings is 1. The van der Waals surface area contributed by atoms with E-state index in [2.05, 4.69) is 10.3 Å². The molecule has 0 aliphatic rings. The summed E-state index contributed by atoms with van der Waals surface area (Å²) in [6, 6.07) is 16.1. The Hall–Kier alpha value is -2.63. The molecule has 0 bridgehead atoms. The lowest BCUT2D eigenvalue weighted by atomic mass is 10.2. The van der Waals surface area contributed by atoms with Crippen molar-refractivity contribution in [3.63, 3.8) is 0 Å². The highest BCUT2D eigenvalue weighted by Gasteiger charge is 2.06. The third-order valence-electron chi connectivity index (χ3n) is 3.94. The fourth-order valence-corrected chi connectivity index (χ4v) is 2.53. The van der Waals surface area contributed by atoms with Crippen LogP contribution in [0.2, 0.25) is 0 Å². The molecule has 3 aromatic rings. The number of halogens is 2. The van der Waals surface area contributed by atoms with Crippen LogP contribution in [0.4, 0.5) is 4.39 Å². The van der Waals surface area contributed by atoms with Gasteiger partial charge in [-0.3, -0.25) is 4.98 Å². The summed E-state index contributed by atoms with van der Waals surface area (Å²) in [5.74, 6) is 1.08. The second kappa shape index (κ2) is 10.5. The maximum Gasteiger partial charge on any atom is 0.161 e. The number of nitrogens with zero attached hydrogens (tertiary/aromatic N) is 1. The van der Waals surface area contributed by atoms with Gasteiger partial charge in [-0.1, -0.05) is 18.2 Å². The summed E-state index contributed by atoms with van der Waals surface area (Å²) in [4.78, 5) is 4.01. The number of rotatable bonds is 8. The normalized spacial score (nSPS) is 10.1. The third-order valence-corrected chi connectivity index (χ3v) is 3.94. The van der Waals surface area contributed by atoms with E-state index in [1.165, 1.54) is 17.7 Å². The van der Waals surface area contributed by atoms with E-state index in [-0.39, 0.29) is 18.2 Å². The maximum absolute atomic E-state index is 13.0. The summed E-state index contributed by atoms with van der Waals surface area (Å²) < 4.78 is 24.2. The van der Waals surface area contributed by atoms with Gasteiger partial charge in [0.25, 0.3) is 0 Å². The highest BCUT2D eigenvalue weighted by Crippen LogP contribution is 2.29. The third kappa shape index (κ3) is 6.24.